The molecule has 1 atom stereocenters. The minimum atomic E-state index is 0.249. The van der Waals surface area contributed by atoms with Crippen LogP contribution in [0.4, 0.5) is 0 Å². The van der Waals surface area contributed by atoms with Gasteiger partial charge in [-0.05, 0) is 31.7 Å². The third-order valence-corrected chi connectivity index (χ3v) is 3.59. The molecule has 3 N–H and O–H groups in total. The van der Waals surface area contributed by atoms with Gasteiger partial charge in [0.15, 0.2) is 0 Å². The lowest BCUT2D eigenvalue weighted by Gasteiger charge is -2.26. The molecule has 1 saturated carbocycles. The van der Waals surface area contributed by atoms with Crippen LogP contribution in [0.25, 0.3) is 0 Å². The maximum Gasteiger partial charge on any atom is 0.223 e. The zero-order chi connectivity index (χ0) is 12.0. The smallest absolute Gasteiger partial charge is 0.223 e. The number of nitrogens with one attached hydrogen (secondary N) is 1. The molecule has 16 heavy (non-hydrogen) atoms. The molecule has 0 aliphatic heterocycles. The van der Waals surface area contributed by atoms with Crippen molar-refractivity contribution in [3.05, 3.63) is 0 Å². The molecule has 1 amide bonds. The second-order valence-corrected chi connectivity index (χ2v) is 5.27. The molecular formula is C13H26N2O. The minimum absolute atomic E-state index is 0.249. The van der Waals surface area contributed by atoms with E-state index in [4.69, 9.17) is 5.73 Å². The summed E-state index contributed by atoms with van der Waals surface area (Å²) in [5.74, 6) is 0.982. The molecule has 0 aromatic carbocycles. The molecule has 0 heterocycles. The van der Waals surface area contributed by atoms with Crippen LogP contribution >= 0.6 is 0 Å². The van der Waals surface area contributed by atoms with E-state index in [1.807, 2.05) is 0 Å². The largest absolute Gasteiger partial charge is 0.353 e. The van der Waals surface area contributed by atoms with E-state index in [0.717, 1.165) is 19.3 Å². The van der Waals surface area contributed by atoms with Gasteiger partial charge >= 0.3 is 0 Å². The predicted molar refractivity (Wildman–Crippen MR) is 67.0 cm³/mol. The molecule has 1 aliphatic carbocycles. The van der Waals surface area contributed by atoms with E-state index in [1.54, 1.807) is 0 Å². The Hall–Kier alpha value is -0.570. The van der Waals surface area contributed by atoms with E-state index in [0.29, 0.717) is 12.5 Å². The zero-order valence-electron chi connectivity index (χ0n) is 10.7. The van der Waals surface area contributed by atoms with Gasteiger partial charge in [0.05, 0.1) is 0 Å². The average Bonchev–Trinajstić information content (AvgIpc) is 2.29. The van der Waals surface area contributed by atoms with Crippen LogP contribution in [0.15, 0.2) is 0 Å². The molecule has 3 heteroatoms. The number of hydrogen-bond acceptors (Lipinski definition) is 2. The Kier molecular flexibility index (Phi) is 5.81. The molecule has 0 saturated heterocycles. The lowest BCUT2D eigenvalue weighted by Crippen LogP contribution is -2.43. The van der Waals surface area contributed by atoms with Crippen LogP contribution in [0.5, 0.6) is 0 Å². The SMILES string of the molecule is CC(C)C(CCN)NC(=O)C1CCCCC1. The summed E-state index contributed by atoms with van der Waals surface area (Å²) >= 11 is 0. The summed E-state index contributed by atoms with van der Waals surface area (Å²) in [6, 6.07) is 0.249. The fraction of sp³-hybridized carbons (Fsp3) is 0.923. The van der Waals surface area contributed by atoms with Gasteiger partial charge in [-0.15, -0.1) is 0 Å². The number of hydrogen-bond donors (Lipinski definition) is 2. The van der Waals surface area contributed by atoms with Crippen molar-refractivity contribution in [3.63, 3.8) is 0 Å². The van der Waals surface area contributed by atoms with Gasteiger partial charge in [-0.1, -0.05) is 33.1 Å². The van der Waals surface area contributed by atoms with E-state index >= 15 is 0 Å². The minimum Gasteiger partial charge on any atom is -0.353 e. The molecule has 94 valence electrons. The van der Waals surface area contributed by atoms with E-state index in [2.05, 4.69) is 19.2 Å². The molecule has 0 radical (unpaired) electrons. The summed E-state index contributed by atoms with van der Waals surface area (Å²) < 4.78 is 0. The van der Waals surface area contributed by atoms with Crippen molar-refractivity contribution in [2.75, 3.05) is 6.54 Å². The number of carbonyl (C=O) groups excluding carboxylic acids is 1. The highest BCUT2D eigenvalue weighted by Gasteiger charge is 2.24. The fourth-order valence-electron chi connectivity index (χ4n) is 2.42. The monoisotopic (exact) mass is 226 g/mol. The lowest BCUT2D eigenvalue weighted by molar-refractivity contribution is -0.127. The number of rotatable bonds is 5. The molecule has 1 unspecified atom stereocenters. The van der Waals surface area contributed by atoms with Crippen molar-refractivity contribution in [2.45, 2.75) is 58.4 Å². The van der Waals surface area contributed by atoms with Crippen LogP contribution in [0.1, 0.15) is 52.4 Å². The maximum absolute atomic E-state index is 12.0. The van der Waals surface area contributed by atoms with Crippen LogP contribution in [-0.4, -0.2) is 18.5 Å². The molecule has 1 rings (SSSR count). The Labute approximate surface area is 99.2 Å². The van der Waals surface area contributed by atoms with Crippen molar-refractivity contribution in [3.8, 4) is 0 Å². The summed E-state index contributed by atoms with van der Waals surface area (Å²) in [7, 11) is 0. The average molecular weight is 226 g/mol. The van der Waals surface area contributed by atoms with Gasteiger partial charge in [0.25, 0.3) is 0 Å². The van der Waals surface area contributed by atoms with Crippen molar-refractivity contribution in [1.29, 1.82) is 0 Å². The first-order chi connectivity index (χ1) is 7.65. The highest BCUT2D eigenvalue weighted by Crippen LogP contribution is 2.24. The van der Waals surface area contributed by atoms with Crippen molar-refractivity contribution < 1.29 is 4.79 Å². The maximum atomic E-state index is 12.0. The molecular weight excluding hydrogens is 200 g/mol. The Morgan fingerprint density at radius 2 is 1.94 bits per heavy atom. The number of amides is 1. The van der Waals surface area contributed by atoms with Gasteiger partial charge < -0.3 is 11.1 Å². The molecule has 1 aliphatic rings. The van der Waals surface area contributed by atoms with Gasteiger partial charge in [0, 0.05) is 12.0 Å². The van der Waals surface area contributed by atoms with E-state index in [9.17, 15) is 4.79 Å². The van der Waals surface area contributed by atoms with Gasteiger partial charge in [0.2, 0.25) is 5.91 Å². The Morgan fingerprint density at radius 3 is 2.44 bits per heavy atom. The van der Waals surface area contributed by atoms with Crippen LogP contribution in [0.3, 0.4) is 0 Å². The third-order valence-electron chi connectivity index (χ3n) is 3.59. The van der Waals surface area contributed by atoms with E-state index < -0.39 is 0 Å². The van der Waals surface area contributed by atoms with Gasteiger partial charge in [0.1, 0.15) is 0 Å². The first-order valence-corrected chi connectivity index (χ1v) is 6.65. The molecule has 1 fully saturated rings. The molecule has 0 spiro atoms. The summed E-state index contributed by atoms with van der Waals surface area (Å²) in [5, 5.41) is 3.17. The molecule has 0 aromatic heterocycles. The number of nitrogens with two attached hydrogens (primary N) is 1. The van der Waals surface area contributed by atoms with Crippen LogP contribution in [0, 0.1) is 11.8 Å². The predicted octanol–water partition coefficient (Wildman–Crippen LogP) is 2.06. The molecule has 0 aromatic rings. The van der Waals surface area contributed by atoms with Crippen molar-refractivity contribution in [1.82, 2.24) is 5.32 Å². The Bertz CT molecular complexity index is 210. The summed E-state index contributed by atoms with van der Waals surface area (Å²) in [5.41, 5.74) is 5.57. The van der Waals surface area contributed by atoms with Crippen molar-refractivity contribution in [2.24, 2.45) is 17.6 Å². The molecule has 0 bridgehead atoms. The van der Waals surface area contributed by atoms with Gasteiger partial charge in [-0.2, -0.15) is 0 Å². The van der Waals surface area contributed by atoms with Crippen LogP contribution < -0.4 is 11.1 Å². The first kappa shape index (κ1) is 13.5. The van der Waals surface area contributed by atoms with Gasteiger partial charge in [-0.25, -0.2) is 0 Å². The summed E-state index contributed by atoms with van der Waals surface area (Å²) in [6.07, 6.45) is 6.73. The van der Waals surface area contributed by atoms with E-state index in [-0.39, 0.29) is 17.9 Å². The number of carbonyl (C=O) groups is 1. The van der Waals surface area contributed by atoms with E-state index in [1.165, 1.54) is 19.3 Å². The second-order valence-electron chi connectivity index (χ2n) is 5.27. The standard InChI is InChI=1S/C13H26N2O/c1-10(2)12(8-9-14)15-13(16)11-6-4-3-5-7-11/h10-12H,3-9,14H2,1-2H3,(H,15,16). The van der Waals surface area contributed by atoms with Crippen molar-refractivity contribution >= 4 is 5.91 Å². The normalized spacial score (nSPS) is 19.8. The fourth-order valence-corrected chi connectivity index (χ4v) is 2.42. The first-order valence-electron chi connectivity index (χ1n) is 6.65. The van der Waals surface area contributed by atoms with Crippen LogP contribution in [0.2, 0.25) is 0 Å². The second kappa shape index (κ2) is 6.89. The third kappa shape index (κ3) is 4.12. The van der Waals surface area contributed by atoms with Gasteiger partial charge in [-0.3, -0.25) is 4.79 Å². The van der Waals surface area contributed by atoms with Crippen LogP contribution in [-0.2, 0) is 4.79 Å². The Balaban J connectivity index is 2.40. The summed E-state index contributed by atoms with van der Waals surface area (Å²) in [4.78, 5) is 12.0. The Morgan fingerprint density at radius 1 is 1.31 bits per heavy atom. The molecule has 3 nitrogen and oxygen atoms in total. The zero-order valence-corrected chi connectivity index (χ0v) is 10.7. The topological polar surface area (TPSA) is 55.1 Å². The highest BCUT2D eigenvalue weighted by molar-refractivity contribution is 5.79. The quantitative estimate of drug-likeness (QED) is 0.754. The summed E-state index contributed by atoms with van der Waals surface area (Å²) in [6.45, 7) is 4.93. The lowest BCUT2D eigenvalue weighted by atomic mass is 9.88. The highest BCUT2D eigenvalue weighted by atomic mass is 16.1.